The minimum Gasteiger partial charge on any atom is -0.497 e. The van der Waals surface area contributed by atoms with Crippen LogP contribution >= 0.6 is 0 Å². The van der Waals surface area contributed by atoms with Crippen LogP contribution in [0.25, 0.3) is 0 Å². The van der Waals surface area contributed by atoms with Crippen molar-refractivity contribution in [2.45, 2.75) is 50.9 Å². The molecular weight excluding hydrogens is 394 g/mol. The highest BCUT2D eigenvalue weighted by molar-refractivity contribution is 6.07. The zero-order valence-corrected chi connectivity index (χ0v) is 18.1. The second-order valence-corrected chi connectivity index (χ2v) is 8.17. The molecule has 2 aromatic rings. The van der Waals surface area contributed by atoms with Gasteiger partial charge in [0.1, 0.15) is 11.5 Å². The predicted octanol–water partition coefficient (Wildman–Crippen LogP) is 4.22. The van der Waals surface area contributed by atoms with Gasteiger partial charge in [-0.3, -0.25) is 14.5 Å². The molecule has 2 aliphatic rings. The van der Waals surface area contributed by atoms with Gasteiger partial charge in [-0.05, 0) is 43.4 Å². The van der Waals surface area contributed by atoms with E-state index in [0.717, 1.165) is 31.2 Å². The van der Waals surface area contributed by atoms with Crippen LogP contribution < -0.4 is 9.47 Å². The summed E-state index contributed by atoms with van der Waals surface area (Å²) in [5, 5.41) is 0. The molecule has 4 rings (SSSR count). The summed E-state index contributed by atoms with van der Waals surface area (Å²) < 4.78 is 16.9. The largest absolute Gasteiger partial charge is 0.497 e. The SMILES string of the molecule is COc1ccc(C(=O)N2C(=O)CCC3C(OCc4ccccc4)CCCC32)c(OC)c1. The molecule has 6 heteroatoms. The number of imide groups is 1. The standard InChI is InChI=1S/C25H29NO5/c1-29-18-11-12-20(23(15-18)30-2)25(28)26-21-9-6-10-22(19(21)13-14-24(26)27)31-16-17-7-4-3-5-8-17/h3-5,7-8,11-12,15,19,21-22H,6,9-10,13-14,16H2,1-2H3. The minimum absolute atomic E-state index is 0.0418. The van der Waals surface area contributed by atoms with Gasteiger partial charge < -0.3 is 14.2 Å². The quantitative estimate of drug-likeness (QED) is 0.651. The van der Waals surface area contributed by atoms with Gasteiger partial charge in [-0.1, -0.05) is 30.3 Å². The summed E-state index contributed by atoms with van der Waals surface area (Å²) in [7, 11) is 3.08. The van der Waals surface area contributed by atoms with E-state index in [-0.39, 0.29) is 29.9 Å². The van der Waals surface area contributed by atoms with E-state index in [2.05, 4.69) is 12.1 Å². The highest BCUT2D eigenvalue weighted by Crippen LogP contribution is 2.39. The number of ether oxygens (including phenoxy) is 3. The van der Waals surface area contributed by atoms with E-state index >= 15 is 0 Å². The van der Waals surface area contributed by atoms with Crippen LogP contribution in [-0.2, 0) is 16.1 Å². The summed E-state index contributed by atoms with van der Waals surface area (Å²) in [6.45, 7) is 0.545. The van der Waals surface area contributed by atoms with Crippen LogP contribution in [0.1, 0.15) is 48.0 Å². The molecule has 1 heterocycles. The van der Waals surface area contributed by atoms with Crippen molar-refractivity contribution < 1.29 is 23.8 Å². The molecule has 2 aromatic carbocycles. The third-order valence-electron chi connectivity index (χ3n) is 6.42. The van der Waals surface area contributed by atoms with Crippen molar-refractivity contribution in [3.63, 3.8) is 0 Å². The highest BCUT2D eigenvalue weighted by Gasteiger charge is 2.45. The molecule has 3 atom stereocenters. The molecular formula is C25H29NO5. The third-order valence-corrected chi connectivity index (χ3v) is 6.42. The summed E-state index contributed by atoms with van der Waals surface area (Å²) in [6.07, 6.45) is 3.85. The van der Waals surface area contributed by atoms with E-state index < -0.39 is 0 Å². The molecule has 0 bridgehead atoms. The van der Waals surface area contributed by atoms with E-state index in [9.17, 15) is 9.59 Å². The van der Waals surface area contributed by atoms with Crippen LogP contribution in [0.3, 0.4) is 0 Å². The highest BCUT2D eigenvalue weighted by atomic mass is 16.5. The topological polar surface area (TPSA) is 65.1 Å². The number of hydrogen-bond donors (Lipinski definition) is 0. The molecule has 1 aliphatic carbocycles. The van der Waals surface area contributed by atoms with Crippen molar-refractivity contribution in [1.82, 2.24) is 4.90 Å². The van der Waals surface area contributed by atoms with Crippen LogP contribution in [0, 0.1) is 5.92 Å². The maximum absolute atomic E-state index is 13.5. The number of benzene rings is 2. The molecule has 0 spiro atoms. The van der Waals surface area contributed by atoms with Gasteiger partial charge in [0.05, 0.1) is 32.5 Å². The van der Waals surface area contributed by atoms with Gasteiger partial charge in [-0.15, -0.1) is 0 Å². The monoisotopic (exact) mass is 423 g/mol. The lowest BCUT2D eigenvalue weighted by atomic mass is 9.75. The zero-order chi connectivity index (χ0) is 21.8. The van der Waals surface area contributed by atoms with Crippen molar-refractivity contribution in [3.8, 4) is 11.5 Å². The van der Waals surface area contributed by atoms with E-state index in [1.54, 1.807) is 25.3 Å². The Balaban J connectivity index is 1.54. The fourth-order valence-corrected chi connectivity index (χ4v) is 4.85. The number of nitrogens with zero attached hydrogens (tertiary/aromatic N) is 1. The van der Waals surface area contributed by atoms with Gasteiger partial charge in [0.25, 0.3) is 5.91 Å². The summed E-state index contributed by atoms with van der Waals surface area (Å²) >= 11 is 0. The number of hydrogen-bond acceptors (Lipinski definition) is 5. The Labute approximate surface area is 183 Å². The molecule has 2 fully saturated rings. The summed E-state index contributed by atoms with van der Waals surface area (Å²) in [4.78, 5) is 27.8. The Bertz CT molecular complexity index is 929. The van der Waals surface area contributed by atoms with Crippen LogP contribution in [0.2, 0.25) is 0 Å². The molecule has 0 aromatic heterocycles. The number of methoxy groups -OCH3 is 2. The number of rotatable bonds is 6. The van der Waals surface area contributed by atoms with Gasteiger partial charge in [-0.2, -0.15) is 0 Å². The second kappa shape index (κ2) is 9.52. The molecule has 1 saturated heterocycles. The minimum atomic E-state index is -0.303. The zero-order valence-electron chi connectivity index (χ0n) is 18.1. The van der Waals surface area contributed by atoms with Crippen LogP contribution in [-0.4, -0.2) is 43.1 Å². The van der Waals surface area contributed by atoms with Crippen molar-refractivity contribution in [1.29, 1.82) is 0 Å². The van der Waals surface area contributed by atoms with Crippen molar-refractivity contribution in [2.75, 3.05) is 14.2 Å². The fourth-order valence-electron chi connectivity index (χ4n) is 4.85. The summed E-state index contributed by atoms with van der Waals surface area (Å²) in [5.41, 5.74) is 1.51. The maximum Gasteiger partial charge on any atom is 0.264 e. The predicted molar refractivity (Wildman–Crippen MR) is 116 cm³/mol. The summed E-state index contributed by atoms with van der Waals surface area (Å²) in [6, 6.07) is 15.0. The van der Waals surface area contributed by atoms with E-state index in [0.29, 0.717) is 30.1 Å². The number of amides is 2. The van der Waals surface area contributed by atoms with Crippen LogP contribution in [0.15, 0.2) is 48.5 Å². The molecule has 3 unspecified atom stereocenters. The van der Waals surface area contributed by atoms with Gasteiger partial charge in [0, 0.05) is 24.4 Å². The molecule has 164 valence electrons. The number of likely N-dealkylation sites (tertiary alicyclic amines) is 1. The molecule has 1 aliphatic heterocycles. The lowest BCUT2D eigenvalue weighted by Crippen LogP contribution is -2.56. The van der Waals surface area contributed by atoms with E-state index in [1.807, 2.05) is 18.2 Å². The number of piperidine rings is 1. The van der Waals surface area contributed by atoms with E-state index in [1.165, 1.54) is 12.0 Å². The first-order valence-corrected chi connectivity index (χ1v) is 10.9. The van der Waals surface area contributed by atoms with E-state index in [4.69, 9.17) is 14.2 Å². The smallest absolute Gasteiger partial charge is 0.264 e. The average Bonchev–Trinajstić information content (AvgIpc) is 2.82. The van der Waals surface area contributed by atoms with Gasteiger partial charge in [0.2, 0.25) is 5.91 Å². The van der Waals surface area contributed by atoms with Gasteiger partial charge in [-0.25, -0.2) is 0 Å². The Kier molecular flexibility index (Phi) is 6.56. The second-order valence-electron chi connectivity index (χ2n) is 8.17. The third kappa shape index (κ3) is 4.44. The maximum atomic E-state index is 13.5. The van der Waals surface area contributed by atoms with Crippen LogP contribution in [0.5, 0.6) is 11.5 Å². The fraction of sp³-hybridized carbons (Fsp3) is 0.440. The summed E-state index contributed by atoms with van der Waals surface area (Å²) in [5.74, 6) is 0.745. The molecule has 0 radical (unpaired) electrons. The first-order valence-electron chi connectivity index (χ1n) is 10.9. The molecule has 31 heavy (non-hydrogen) atoms. The normalized spacial score (nSPS) is 23.2. The number of carbonyl (C=O) groups excluding carboxylic acids is 2. The molecule has 1 saturated carbocycles. The van der Waals surface area contributed by atoms with Crippen molar-refractivity contribution in [2.24, 2.45) is 5.92 Å². The lowest BCUT2D eigenvalue weighted by molar-refractivity contribution is -0.141. The van der Waals surface area contributed by atoms with Gasteiger partial charge in [0.15, 0.2) is 0 Å². The molecule has 0 N–H and O–H groups in total. The molecule has 6 nitrogen and oxygen atoms in total. The number of carbonyl (C=O) groups is 2. The Hall–Kier alpha value is -2.86. The van der Waals surface area contributed by atoms with Crippen molar-refractivity contribution in [3.05, 3.63) is 59.7 Å². The lowest BCUT2D eigenvalue weighted by Gasteiger charge is -2.46. The Morgan fingerprint density at radius 1 is 1.03 bits per heavy atom. The Morgan fingerprint density at radius 3 is 2.58 bits per heavy atom. The first kappa shape index (κ1) is 21.4. The van der Waals surface area contributed by atoms with Crippen LogP contribution in [0.4, 0.5) is 0 Å². The number of fused-ring (bicyclic) bond motifs is 1. The first-order chi connectivity index (χ1) is 15.1. The molecule has 2 amide bonds. The van der Waals surface area contributed by atoms with Crippen molar-refractivity contribution >= 4 is 11.8 Å². The van der Waals surface area contributed by atoms with Gasteiger partial charge >= 0.3 is 0 Å². The average molecular weight is 424 g/mol. The Morgan fingerprint density at radius 2 is 1.84 bits per heavy atom.